The van der Waals surface area contributed by atoms with E-state index in [9.17, 15) is 4.79 Å². The number of carbonyl (C=O) groups excluding carboxylic acids is 1. The average molecular weight is 348 g/mol. The molecule has 1 aliphatic rings. The van der Waals surface area contributed by atoms with E-state index >= 15 is 0 Å². The van der Waals surface area contributed by atoms with E-state index in [0.717, 1.165) is 30.9 Å². The van der Waals surface area contributed by atoms with Crippen LogP contribution in [0.5, 0.6) is 5.75 Å². The number of piperazine rings is 1. The minimum atomic E-state index is 0. The van der Waals surface area contributed by atoms with Gasteiger partial charge in [0.25, 0.3) is 0 Å². The maximum atomic E-state index is 12.1. The summed E-state index contributed by atoms with van der Waals surface area (Å²) in [5.41, 5.74) is 0.881. The zero-order valence-electron chi connectivity index (χ0n) is 12.9. The molecule has 22 heavy (non-hydrogen) atoms. The number of ether oxygens (including phenoxy) is 1. The van der Waals surface area contributed by atoms with Crippen molar-refractivity contribution >= 4 is 29.9 Å². The van der Waals surface area contributed by atoms with Gasteiger partial charge in [-0.05, 0) is 25.1 Å². The molecule has 124 valence electrons. The Labute approximate surface area is 142 Å². The minimum Gasteiger partial charge on any atom is -0.496 e. The summed E-state index contributed by atoms with van der Waals surface area (Å²) in [5, 5.41) is 6.88. The zero-order chi connectivity index (χ0) is 15.2. The summed E-state index contributed by atoms with van der Waals surface area (Å²) in [6.07, 6.45) is 0. The van der Waals surface area contributed by atoms with Gasteiger partial charge in [0.2, 0.25) is 5.91 Å². The van der Waals surface area contributed by atoms with E-state index in [4.69, 9.17) is 16.3 Å². The van der Waals surface area contributed by atoms with Crippen LogP contribution in [0.4, 0.5) is 0 Å². The number of carbonyl (C=O) groups is 1. The Kier molecular flexibility index (Phi) is 7.96. The molecule has 2 rings (SSSR count). The van der Waals surface area contributed by atoms with Crippen molar-refractivity contribution in [3.05, 3.63) is 28.8 Å². The predicted octanol–water partition coefficient (Wildman–Crippen LogP) is 1.68. The smallest absolute Gasteiger partial charge is 0.234 e. The van der Waals surface area contributed by atoms with Crippen molar-refractivity contribution in [2.75, 3.05) is 33.3 Å². The molecule has 1 saturated heterocycles. The molecule has 1 amide bonds. The lowest BCUT2D eigenvalue weighted by Gasteiger charge is -2.33. The summed E-state index contributed by atoms with van der Waals surface area (Å²) < 4.78 is 5.27. The molecule has 0 radical (unpaired) electrons. The minimum absolute atomic E-state index is 0. The highest BCUT2D eigenvalue weighted by Crippen LogP contribution is 2.22. The Morgan fingerprint density at radius 3 is 3.00 bits per heavy atom. The molecule has 1 atom stereocenters. The quantitative estimate of drug-likeness (QED) is 0.850. The summed E-state index contributed by atoms with van der Waals surface area (Å²) in [7, 11) is 1.61. The Morgan fingerprint density at radius 2 is 2.32 bits per heavy atom. The maximum absolute atomic E-state index is 12.1. The van der Waals surface area contributed by atoms with Gasteiger partial charge in [0.05, 0.1) is 13.7 Å². The van der Waals surface area contributed by atoms with Gasteiger partial charge in [-0.25, -0.2) is 0 Å². The van der Waals surface area contributed by atoms with Crippen LogP contribution in [0.15, 0.2) is 18.2 Å². The lowest BCUT2D eigenvalue weighted by Crippen LogP contribution is -2.52. The third-order valence-corrected chi connectivity index (χ3v) is 3.94. The third-order valence-electron chi connectivity index (χ3n) is 3.70. The average Bonchev–Trinajstić information content (AvgIpc) is 2.48. The van der Waals surface area contributed by atoms with E-state index in [-0.39, 0.29) is 18.3 Å². The van der Waals surface area contributed by atoms with Crippen LogP contribution in [0.3, 0.4) is 0 Å². The van der Waals surface area contributed by atoms with E-state index in [1.807, 2.05) is 12.1 Å². The molecule has 0 saturated carbocycles. The van der Waals surface area contributed by atoms with E-state index in [2.05, 4.69) is 22.5 Å². The van der Waals surface area contributed by atoms with Crippen molar-refractivity contribution < 1.29 is 9.53 Å². The Bertz CT molecular complexity index is 500. The highest BCUT2D eigenvalue weighted by atomic mass is 35.5. The van der Waals surface area contributed by atoms with Crippen LogP contribution in [0.1, 0.15) is 12.5 Å². The molecule has 2 N–H and O–H groups in total. The second-order valence-corrected chi connectivity index (χ2v) is 5.69. The first-order chi connectivity index (χ1) is 10.1. The molecular weight excluding hydrogens is 325 g/mol. The van der Waals surface area contributed by atoms with Gasteiger partial charge in [0.15, 0.2) is 0 Å². The molecule has 0 aliphatic carbocycles. The van der Waals surface area contributed by atoms with Gasteiger partial charge >= 0.3 is 0 Å². The largest absolute Gasteiger partial charge is 0.496 e. The molecular formula is C15H23Cl2N3O2. The van der Waals surface area contributed by atoms with E-state index in [1.54, 1.807) is 13.2 Å². The predicted molar refractivity (Wildman–Crippen MR) is 91.0 cm³/mol. The molecule has 1 fully saturated rings. The first-order valence-electron chi connectivity index (χ1n) is 7.14. The second kappa shape index (κ2) is 9.20. The summed E-state index contributed by atoms with van der Waals surface area (Å²) in [5.74, 6) is 0.751. The Hall–Kier alpha value is -1.01. The molecule has 1 aromatic rings. The van der Waals surface area contributed by atoms with Crippen LogP contribution in [-0.2, 0) is 11.3 Å². The van der Waals surface area contributed by atoms with Gasteiger partial charge < -0.3 is 15.4 Å². The van der Waals surface area contributed by atoms with E-state index in [0.29, 0.717) is 24.2 Å². The number of benzene rings is 1. The number of nitrogens with one attached hydrogen (secondary N) is 2. The van der Waals surface area contributed by atoms with Crippen molar-refractivity contribution in [1.29, 1.82) is 0 Å². The van der Waals surface area contributed by atoms with Gasteiger partial charge in [-0.2, -0.15) is 0 Å². The van der Waals surface area contributed by atoms with Gasteiger partial charge in [-0.1, -0.05) is 11.6 Å². The van der Waals surface area contributed by atoms with Crippen molar-refractivity contribution in [2.24, 2.45) is 0 Å². The van der Waals surface area contributed by atoms with Crippen LogP contribution in [0, 0.1) is 0 Å². The number of methoxy groups -OCH3 is 1. The fraction of sp³-hybridized carbons (Fsp3) is 0.533. The fourth-order valence-corrected chi connectivity index (χ4v) is 2.63. The molecule has 0 bridgehead atoms. The van der Waals surface area contributed by atoms with Crippen molar-refractivity contribution in [2.45, 2.75) is 19.5 Å². The van der Waals surface area contributed by atoms with Gasteiger partial charge in [-0.15, -0.1) is 12.4 Å². The zero-order valence-corrected chi connectivity index (χ0v) is 14.5. The number of rotatable bonds is 5. The number of hydrogen-bond acceptors (Lipinski definition) is 4. The van der Waals surface area contributed by atoms with Gasteiger partial charge in [0.1, 0.15) is 5.75 Å². The molecule has 1 aromatic carbocycles. The first kappa shape index (κ1) is 19.0. The normalized spacial score (nSPS) is 18.4. The Morgan fingerprint density at radius 1 is 1.55 bits per heavy atom. The first-order valence-corrected chi connectivity index (χ1v) is 7.52. The summed E-state index contributed by atoms with van der Waals surface area (Å²) >= 11 is 5.98. The van der Waals surface area contributed by atoms with Crippen molar-refractivity contribution in [1.82, 2.24) is 15.5 Å². The van der Waals surface area contributed by atoms with E-state index < -0.39 is 0 Å². The van der Waals surface area contributed by atoms with Crippen molar-refractivity contribution in [3.63, 3.8) is 0 Å². The SMILES string of the molecule is COc1ccc(Cl)cc1CNC(=O)CN1CCNC[C@H]1C.Cl. The van der Waals surface area contributed by atoms with Crippen LogP contribution >= 0.6 is 24.0 Å². The van der Waals surface area contributed by atoms with Crippen molar-refractivity contribution in [3.8, 4) is 5.75 Å². The molecule has 5 nitrogen and oxygen atoms in total. The van der Waals surface area contributed by atoms with Gasteiger partial charge in [-0.3, -0.25) is 9.69 Å². The number of hydrogen-bond donors (Lipinski definition) is 2. The van der Waals surface area contributed by atoms with Gasteiger partial charge in [0, 0.05) is 42.8 Å². The second-order valence-electron chi connectivity index (χ2n) is 5.26. The lowest BCUT2D eigenvalue weighted by molar-refractivity contribution is -0.123. The molecule has 7 heteroatoms. The van der Waals surface area contributed by atoms with Crippen LogP contribution in [0.2, 0.25) is 5.02 Å². The molecule has 0 aromatic heterocycles. The molecule has 0 unspecified atom stereocenters. The lowest BCUT2D eigenvalue weighted by atomic mass is 10.2. The number of amides is 1. The maximum Gasteiger partial charge on any atom is 0.234 e. The van der Waals surface area contributed by atoms with Crippen LogP contribution in [0.25, 0.3) is 0 Å². The summed E-state index contributed by atoms with van der Waals surface area (Å²) in [6.45, 7) is 5.72. The third kappa shape index (κ3) is 5.32. The highest BCUT2D eigenvalue weighted by molar-refractivity contribution is 6.30. The Balaban J connectivity index is 0.00000242. The fourth-order valence-electron chi connectivity index (χ4n) is 2.44. The summed E-state index contributed by atoms with van der Waals surface area (Å²) in [4.78, 5) is 14.2. The number of nitrogens with zero attached hydrogens (tertiary/aromatic N) is 1. The topological polar surface area (TPSA) is 53.6 Å². The summed E-state index contributed by atoms with van der Waals surface area (Å²) in [6, 6.07) is 5.77. The van der Waals surface area contributed by atoms with E-state index in [1.165, 1.54) is 0 Å². The van der Waals surface area contributed by atoms with Crippen LogP contribution in [-0.4, -0.2) is 50.1 Å². The monoisotopic (exact) mass is 347 g/mol. The highest BCUT2D eigenvalue weighted by Gasteiger charge is 2.20. The van der Waals surface area contributed by atoms with Crippen LogP contribution < -0.4 is 15.4 Å². The standard InChI is InChI=1S/C15H22ClN3O2.ClH/c1-11-8-17-5-6-19(11)10-15(20)18-9-12-7-13(16)3-4-14(12)21-2;/h3-4,7,11,17H,5-6,8-10H2,1-2H3,(H,18,20);1H/t11-;/m1./s1. The molecule has 1 aliphatic heterocycles. The molecule has 0 spiro atoms. The number of halogens is 2. The molecule has 1 heterocycles.